The molecule has 17 nitrogen and oxygen atoms in total. The van der Waals surface area contributed by atoms with Crippen LogP contribution in [0.5, 0.6) is 0 Å². The topological polar surface area (TPSA) is 197 Å². The molecular formula is C46H41Cl2FN14O3. The Bertz CT molecular complexity index is 3410. The van der Waals surface area contributed by atoms with Gasteiger partial charge in [0.1, 0.15) is 16.8 Å². The Labute approximate surface area is 384 Å². The summed E-state index contributed by atoms with van der Waals surface area (Å²) in [5.74, 6) is -0.227. The fourth-order valence-electron chi connectivity index (χ4n) is 7.70. The third-order valence-corrected chi connectivity index (χ3v) is 12.0. The van der Waals surface area contributed by atoms with E-state index in [0.717, 1.165) is 33.9 Å². The van der Waals surface area contributed by atoms with Gasteiger partial charge >= 0.3 is 5.97 Å². The van der Waals surface area contributed by atoms with Gasteiger partial charge in [0, 0.05) is 61.1 Å². The fraction of sp³-hybridized carbons (Fsp3) is 0.217. The lowest BCUT2D eigenvalue weighted by Crippen LogP contribution is -2.22. The third-order valence-electron chi connectivity index (χ3n) is 11.4. The number of pyridine rings is 4. The highest BCUT2D eigenvalue weighted by Crippen LogP contribution is 2.40. The third kappa shape index (κ3) is 9.24. The number of hydrogen-bond donors (Lipinski definition) is 3. The molecule has 20 heteroatoms. The van der Waals surface area contributed by atoms with Crippen molar-refractivity contribution in [2.24, 2.45) is 5.73 Å². The van der Waals surface area contributed by atoms with E-state index < -0.39 is 11.8 Å². The number of carboxylic acid groups (broad SMARTS) is 1. The number of fused-ring (bicyclic) bond motifs is 4. The summed E-state index contributed by atoms with van der Waals surface area (Å²) in [7, 11) is 0. The molecule has 12 rings (SSSR count). The predicted molar refractivity (Wildman–Crippen MR) is 243 cm³/mol. The minimum Gasteiger partial charge on any atom is -0.478 e. The monoisotopic (exact) mass is 926 g/mol. The lowest BCUT2D eigenvalue weighted by molar-refractivity contribution is 0.0696. The molecule has 2 aliphatic rings. The van der Waals surface area contributed by atoms with Gasteiger partial charge in [-0.05, 0) is 79.0 Å². The number of rotatable bonds is 11. The molecule has 0 radical (unpaired) electrons. The number of amides is 1. The summed E-state index contributed by atoms with van der Waals surface area (Å²) < 4.78 is 24.3. The van der Waals surface area contributed by atoms with E-state index in [0.29, 0.717) is 53.3 Å². The van der Waals surface area contributed by atoms with Crippen LogP contribution in [0, 0.1) is 5.82 Å². The Morgan fingerprint density at radius 2 is 1.30 bits per heavy atom. The van der Waals surface area contributed by atoms with Crippen LogP contribution in [0.4, 0.5) is 4.39 Å². The lowest BCUT2D eigenvalue weighted by atomic mass is 10.2. The van der Waals surface area contributed by atoms with E-state index in [-0.39, 0.29) is 23.0 Å². The van der Waals surface area contributed by atoms with E-state index in [1.807, 2.05) is 39.5 Å². The maximum absolute atomic E-state index is 13.4. The van der Waals surface area contributed by atoms with Crippen LogP contribution in [0.25, 0.3) is 22.3 Å². The second-order valence-corrected chi connectivity index (χ2v) is 17.1. The van der Waals surface area contributed by atoms with Gasteiger partial charge in [0.25, 0.3) is 5.91 Å². The van der Waals surface area contributed by atoms with Crippen molar-refractivity contribution < 1.29 is 19.1 Å². The van der Waals surface area contributed by atoms with Crippen molar-refractivity contribution in [3.8, 4) is 0 Å². The highest BCUT2D eigenvalue weighted by molar-refractivity contribution is 6.31. The molecule has 0 aromatic carbocycles. The van der Waals surface area contributed by atoms with Crippen LogP contribution in [0.1, 0.15) is 92.1 Å². The van der Waals surface area contributed by atoms with Crippen LogP contribution < -0.4 is 11.1 Å². The summed E-state index contributed by atoms with van der Waals surface area (Å²) in [6.45, 7) is 1.47. The largest absolute Gasteiger partial charge is 0.478 e. The average Bonchev–Trinajstić information content (AvgIpc) is 3.90. The van der Waals surface area contributed by atoms with E-state index >= 15 is 0 Å². The number of aromatic nitrogens is 12. The molecule has 0 saturated heterocycles. The molecule has 0 aliphatic heterocycles. The van der Waals surface area contributed by atoms with E-state index in [1.165, 1.54) is 61.6 Å². The van der Waals surface area contributed by atoms with Gasteiger partial charge in [0.2, 0.25) is 0 Å². The normalized spacial score (nSPS) is 13.5. The van der Waals surface area contributed by atoms with E-state index in [2.05, 4.69) is 70.4 Å². The molecule has 2 saturated carbocycles. The number of halogens is 3. The minimum absolute atomic E-state index is 0.0858. The van der Waals surface area contributed by atoms with Crippen molar-refractivity contribution in [2.75, 3.05) is 0 Å². The molecule has 10 aromatic rings. The molecule has 2 aliphatic carbocycles. The molecule has 66 heavy (non-hydrogen) atoms. The standard InChI is InChI=1S/C23H20ClN7O.C15H14N4O2.C8H7ClFN3/c24-18-5-6-29-14-26-20(21(29)7-18)9-25-23(32)17-8-27-31(11-17)13-19-12-30-10-16(15-1-2-15)3-4-22(30)28-19;20-15(21)12-5-16-19(7-12)9-13-8-18-6-11(10-1-2-10)3-4-14(18)17-13;9-5-1-2-13-4-12-6(3-11)8(13)7(5)10/h3-8,10-12,14-15H,1-2,9,13H2,(H,25,32);3-8,10H,1-2,9H2,(H,20,21);1-2,4H,3,11H2. The van der Waals surface area contributed by atoms with Crippen LogP contribution in [0.2, 0.25) is 10.0 Å². The Hall–Kier alpha value is -7.41. The predicted octanol–water partition coefficient (Wildman–Crippen LogP) is 7.43. The summed E-state index contributed by atoms with van der Waals surface area (Å²) in [6, 6.07) is 13.5. The average molecular weight is 928 g/mol. The first-order chi connectivity index (χ1) is 32.0. The number of nitrogens with two attached hydrogens (primary N) is 1. The number of hydrogen-bond acceptors (Lipinski definition) is 9. The van der Waals surface area contributed by atoms with E-state index in [1.54, 1.807) is 44.7 Å². The van der Waals surface area contributed by atoms with Crippen molar-refractivity contribution >= 4 is 57.4 Å². The van der Waals surface area contributed by atoms with Gasteiger partial charge in [-0.2, -0.15) is 10.2 Å². The Balaban J connectivity index is 0.000000129. The summed E-state index contributed by atoms with van der Waals surface area (Å²) in [6.07, 6.45) is 26.3. The zero-order valence-electron chi connectivity index (χ0n) is 35.1. The number of carbonyl (C=O) groups is 2. The first-order valence-electron chi connectivity index (χ1n) is 21.2. The quantitative estimate of drug-likeness (QED) is 0.117. The first-order valence-corrected chi connectivity index (χ1v) is 21.9. The van der Waals surface area contributed by atoms with Crippen LogP contribution in [0.3, 0.4) is 0 Å². The van der Waals surface area contributed by atoms with Gasteiger partial charge in [-0.15, -0.1) is 0 Å². The van der Waals surface area contributed by atoms with E-state index in [4.69, 9.17) is 34.0 Å². The number of nitrogens with one attached hydrogen (secondary N) is 1. The number of aromatic carboxylic acids is 1. The van der Waals surface area contributed by atoms with Crippen LogP contribution >= 0.6 is 23.2 Å². The van der Waals surface area contributed by atoms with Crippen LogP contribution in [-0.4, -0.2) is 74.1 Å². The summed E-state index contributed by atoms with van der Waals surface area (Å²) in [5.41, 5.74) is 14.9. The minimum atomic E-state index is -0.967. The second-order valence-electron chi connectivity index (χ2n) is 16.3. The molecule has 4 N–H and O–H groups in total. The van der Waals surface area contributed by atoms with Gasteiger partial charge in [-0.3, -0.25) is 14.2 Å². The lowest BCUT2D eigenvalue weighted by Gasteiger charge is -2.02. The van der Waals surface area contributed by atoms with Crippen molar-refractivity contribution in [2.45, 2.75) is 63.7 Å². The molecular weight excluding hydrogens is 887 g/mol. The maximum Gasteiger partial charge on any atom is 0.338 e. The highest BCUT2D eigenvalue weighted by atomic mass is 35.5. The summed E-state index contributed by atoms with van der Waals surface area (Å²) >= 11 is 11.7. The zero-order chi connectivity index (χ0) is 45.5. The van der Waals surface area contributed by atoms with Crippen molar-refractivity contribution in [1.82, 2.24) is 62.4 Å². The number of imidazole rings is 4. The Kier molecular flexibility index (Phi) is 11.5. The summed E-state index contributed by atoms with van der Waals surface area (Å²) in [4.78, 5) is 41.0. The molecule has 0 atom stereocenters. The first kappa shape index (κ1) is 42.5. The molecule has 334 valence electrons. The molecule has 1 amide bonds. The maximum atomic E-state index is 13.4. The van der Waals surface area contributed by atoms with Gasteiger partial charge in [-0.25, -0.2) is 29.1 Å². The molecule has 10 aromatic heterocycles. The number of carbonyl (C=O) groups excluding carboxylic acids is 1. The van der Waals surface area contributed by atoms with Crippen LogP contribution in [-0.2, 0) is 26.2 Å². The molecule has 0 unspecified atom stereocenters. The van der Waals surface area contributed by atoms with Gasteiger partial charge in [-0.1, -0.05) is 35.3 Å². The van der Waals surface area contributed by atoms with Gasteiger partial charge < -0.3 is 33.8 Å². The number of nitrogens with zero attached hydrogens (tertiary/aromatic N) is 12. The molecule has 0 bridgehead atoms. The second kappa shape index (κ2) is 17.9. The smallest absolute Gasteiger partial charge is 0.338 e. The van der Waals surface area contributed by atoms with E-state index in [9.17, 15) is 14.0 Å². The number of carboxylic acids is 1. The van der Waals surface area contributed by atoms with Gasteiger partial charge in [0.15, 0.2) is 5.82 Å². The van der Waals surface area contributed by atoms with Crippen molar-refractivity contribution in [3.63, 3.8) is 0 Å². The van der Waals surface area contributed by atoms with Crippen molar-refractivity contribution in [3.05, 3.63) is 178 Å². The molecule has 10 heterocycles. The molecule has 0 spiro atoms. The van der Waals surface area contributed by atoms with Crippen LogP contribution in [0.15, 0.2) is 117 Å². The van der Waals surface area contributed by atoms with Gasteiger partial charge in [0.05, 0.1) is 89.1 Å². The Morgan fingerprint density at radius 3 is 1.89 bits per heavy atom. The Morgan fingerprint density at radius 1 is 0.727 bits per heavy atom. The fourth-order valence-corrected chi connectivity index (χ4v) is 8.01. The SMILES string of the molecule is NCc1ncn2ccc(Cl)c(F)c12.O=C(NCc1ncn2ccc(Cl)cc12)c1cnn(Cc2cn3cc(C4CC4)ccc3n2)c1.O=C(O)c1cnn(Cc2cn3cc(C4CC4)ccc3n2)c1. The molecule has 2 fully saturated rings. The highest BCUT2D eigenvalue weighted by Gasteiger charge is 2.25. The zero-order valence-corrected chi connectivity index (χ0v) is 36.6. The van der Waals surface area contributed by atoms with Crippen molar-refractivity contribution in [1.29, 1.82) is 0 Å². The summed E-state index contributed by atoms with van der Waals surface area (Å²) in [5, 5.41) is 20.9.